The maximum absolute atomic E-state index is 9.64. The minimum absolute atomic E-state index is 0.103. The van der Waals surface area contributed by atoms with Crippen LogP contribution in [-0.4, -0.2) is 61.6 Å². The van der Waals surface area contributed by atoms with Gasteiger partial charge in [-0.1, -0.05) is 33.6 Å². The van der Waals surface area contributed by atoms with E-state index in [0.29, 0.717) is 39.3 Å². The zero-order valence-electron chi connectivity index (χ0n) is 16.8. The van der Waals surface area contributed by atoms with Crippen LogP contribution in [0, 0.1) is 0 Å². The van der Waals surface area contributed by atoms with E-state index in [0.717, 1.165) is 38.7 Å². The molecule has 0 bridgehead atoms. The summed E-state index contributed by atoms with van der Waals surface area (Å²) in [6.45, 7) is 9.46. The monoisotopic (exact) mass is 362 g/mol. The quantitative estimate of drug-likeness (QED) is 0.343. The summed E-state index contributed by atoms with van der Waals surface area (Å²) in [7, 11) is 0. The lowest BCUT2D eigenvalue weighted by molar-refractivity contribution is -0.0153. The fourth-order valence-corrected chi connectivity index (χ4v) is 2.40. The average molecular weight is 363 g/mol. The number of ether oxygens (including phenoxy) is 3. The molecule has 0 aromatic carbocycles. The molecule has 0 aromatic heterocycles. The summed E-state index contributed by atoms with van der Waals surface area (Å²) in [5.74, 6) is 0. The molecule has 3 atom stereocenters. The third-order valence-corrected chi connectivity index (χ3v) is 4.40. The Bertz CT molecular complexity index is 262. The van der Waals surface area contributed by atoms with Crippen molar-refractivity contribution in [3.63, 3.8) is 0 Å². The first kappa shape index (κ1) is 24.8. The second-order valence-corrected chi connectivity index (χ2v) is 6.70. The Balaban J connectivity index is 3.89. The van der Waals surface area contributed by atoms with Gasteiger partial charge in [0, 0.05) is 33.0 Å². The maximum Gasteiger partial charge on any atom is 0.0619 e. The molecular formula is C20H42O5. The molecule has 0 aliphatic rings. The molecule has 0 amide bonds. The van der Waals surface area contributed by atoms with Gasteiger partial charge in [0.1, 0.15) is 0 Å². The van der Waals surface area contributed by atoms with E-state index in [4.69, 9.17) is 14.2 Å². The second kappa shape index (κ2) is 18.6. The predicted molar refractivity (Wildman–Crippen MR) is 102 cm³/mol. The van der Waals surface area contributed by atoms with Crippen molar-refractivity contribution < 1.29 is 24.4 Å². The minimum Gasteiger partial charge on any atom is -0.393 e. The van der Waals surface area contributed by atoms with Crippen LogP contribution in [-0.2, 0) is 14.2 Å². The van der Waals surface area contributed by atoms with E-state index in [1.54, 1.807) is 0 Å². The normalized spacial score (nSPS) is 15.2. The second-order valence-electron chi connectivity index (χ2n) is 6.70. The van der Waals surface area contributed by atoms with Crippen LogP contribution in [0.3, 0.4) is 0 Å². The van der Waals surface area contributed by atoms with E-state index < -0.39 is 0 Å². The predicted octanol–water partition coefficient (Wildman–Crippen LogP) is 3.70. The molecule has 5 nitrogen and oxygen atoms in total. The maximum atomic E-state index is 9.64. The van der Waals surface area contributed by atoms with Gasteiger partial charge in [-0.05, 0) is 44.9 Å². The molecular weight excluding hydrogens is 320 g/mol. The fraction of sp³-hybridized carbons (Fsp3) is 1.00. The first-order valence-corrected chi connectivity index (χ1v) is 10.3. The number of hydrogen-bond acceptors (Lipinski definition) is 5. The van der Waals surface area contributed by atoms with Gasteiger partial charge in [-0.15, -0.1) is 0 Å². The van der Waals surface area contributed by atoms with Crippen LogP contribution in [0.4, 0.5) is 0 Å². The average Bonchev–Trinajstić information content (AvgIpc) is 2.63. The molecule has 25 heavy (non-hydrogen) atoms. The number of hydrogen-bond donors (Lipinski definition) is 2. The third-order valence-electron chi connectivity index (χ3n) is 4.40. The summed E-state index contributed by atoms with van der Waals surface area (Å²) in [4.78, 5) is 0. The molecule has 0 aromatic rings. The summed E-state index contributed by atoms with van der Waals surface area (Å²) in [6.07, 6.45) is 7.67. The molecule has 0 fully saturated rings. The number of unbranched alkanes of at least 4 members (excludes halogenated alkanes) is 2. The van der Waals surface area contributed by atoms with Crippen molar-refractivity contribution in [2.24, 2.45) is 0 Å². The van der Waals surface area contributed by atoms with Gasteiger partial charge >= 0.3 is 0 Å². The number of aliphatic hydroxyl groups is 2. The third kappa shape index (κ3) is 17.0. The zero-order chi connectivity index (χ0) is 18.8. The molecule has 0 aliphatic carbocycles. The van der Waals surface area contributed by atoms with Gasteiger partial charge in [0.25, 0.3) is 0 Å². The Labute approximate surface area is 155 Å². The molecule has 0 rings (SSSR count). The number of aliphatic hydroxyl groups excluding tert-OH is 2. The highest BCUT2D eigenvalue weighted by molar-refractivity contribution is 4.60. The molecule has 0 aliphatic heterocycles. The van der Waals surface area contributed by atoms with Crippen LogP contribution in [0.2, 0.25) is 0 Å². The van der Waals surface area contributed by atoms with E-state index >= 15 is 0 Å². The Morgan fingerprint density at radius 1 is 0.640 bits per heavy atom. The van der Waals surface area contributed by atoms with Crippen molar-refractivity contribution in [2.45, 2.75) is 96.9 Å². The minimum atomic E-state index is -0.280. The van der Waals surface area contributed by atoms with E-state index in [1.807, 2.05) is 13.8 Å². The molecule has 0 heterocycles. The van der Waals surface area contributed by atoms with E-state index in [1.165, 1.54) is 12.8 Å². The van der Waals surface area contributed by atoms with Gasteiger partial charge in [-0.25, -0.2) is 0 Å². The highest BCUT2D eigenvalue weighted by Crippen LogP contribution is 2.09. The highest BCUT2D eigenvalue weighted by Gasteiger charge is 2.11. The summed E-state index contributed by atoms with van der Waals surface area (Å²) < 4.78 is 17.2. The van der Waals surface area contributed by atoms with E-state index in [2.05, 4.69) is 6.92 Å². The van der Waals surface area contributed by atoms with Crippen LogP contribution in [0.15, 0.2) is 0 Å². The summed E-state index contributed by atoms with van der Waals surface area (Å²) in [6, 6.07) is 0. The van der Waals surface area contributed by atoms with Crippen LogP contribution < -0.4 is 0 Å². The van der Waals surface area contributed by atoms with Gasteiger partial charge in [-0.2, -0.15) is 0 Å². The van der Waals surface area contributed by atoms with Gasteiger partial charge in [0.15, 0.2) is 0 Å². The standard InChI is InChI=1S/C20H42O5/c1-4-7-8-13-23-15-11-20(25-17-10-19(22)6-3)12-16-24-14-9-18(21)5-2/h18-22H,4-17H2,1-3H3. The van der Waals surface area contributed by atoms with E-state index in [-0.39, 0.29) is 18.3 Å². The Kier molecular flexibility index (Phi) is 18.4. The molecule has 0 saturated heterocycles. The molecule has 2 N–H and O–H groups in total. The first-order chi connectivity index (χ1) is 12.1. The van der Waals surface area contributed by atoms with Crippen molar-refractivity contribution >= 4 is 0 Å². The van der Waals surface area contributed by atoms with Crippen molar-refractivity contribution in [2.75, 3.05) is 33.0 Å². The zero-order valence-corrected chi connectivity index (χ0v) is 16.8. The lowest BCUT2D eigenvalue weighted by Gasteiger charge is -2.19. The lowest BCUT2D eigenvalue weighted by Crippen LogP contribution is -2.21. The van der Waals surface area contributed by atoms with Crippen molar-refractivity contribution in [3.8, 4) is 0 Å². The summed E-state index contributed by atoms with van der Waals surface area (Å²) in [5.41, 5.74) is 0. The molecule has 152 valence electrons. The van der Waals surface area contributed by atoms with Gasteiger partial charge in [-0.3, -0.25) is 0 Å². The largest absolute Gasteiger partial charge is 0.393 e. The van der Waals surface area contributed by atoms with Gasteiger partial charge < -0.3 is 24.4 Å². The molecule has 0 radical (unpaired) electrons. The Morgan fingerprint density at radius 3 is 1.72 bits per heavy atom. The SMILES string of the molecule is CCCCCOCCC(CCOCCC(O)CC)OCCC(O)CC. The van der Waals surface area contributed by atoms with Crippen molar-refractivity contribution in [1.29, 1.82) is 0 Å². The Morgan fingerprint density at radius 2 is 1.16 bits per heavy atom. The van der Waals surface area contributed by atoms with Crippen molar-refractivity contribution in [1.82, 2.24) is 0 Å². The van der Waals surface area contributed by atoms with Crippen LogP contribution >= 0.6 is 0 Å². The highest BCUT2D eigenvalue weighted by atomic mass is 16.5. The van der Waals surface area contributed by atoms with Crippen LogP contribution in [0.5, 0.6) is 0 Å². The van der Waals surface area contributed by atoms with Crippen molar-refractivity contribution in [3.05, 3.63) is 0 Å². The number of rotatable bonds is 19. The van der Waals surface area contributed by atoms with Crippen LogP contribution in [0.25, 0.3) is 0 Å². The van der Waals surface area contributed by atoms with Gasteiger partial charge in [0.05, 0.1) is 18.3 Å². The Hall–Kier alpha value is -0.200. The van der Waals surface area contributed by atoms with E-state index in [9.17, 15) is 10.2 Å². The fourth-order valence-electron chi connectivity index (χ4n) is 2.40. The van der Waals surface area contributed by atoms with Crippen LogP contribution in [0.1, 0.15) is 78.6 Å². The first-order valence-electron chi connectivity index (χ1n) is 10.3. The van der Waals surface area contributed by atoms with Gasteiger partial charge in [0.2, 0.25) is 0 Å². The summed E-state index contributed by atoms with van der Waals surface area (Å²) >= 11 is 0. The topological polar surface area (TPSA) is 68.2 Å². The molecule has 0 saturated carbocycles. The molecule has 5 heteroatoms. The summed E-state index contributed by atoms with van der Waals surface area (Å²) in [5, 5.41) is 19.2. The smallest absolute Gasteiger partial charge is 0.0619 e. The lowest BCUT2D eigenvalue weighted by atomic mass is 10.2. The molecule has 3 unspecified atom stereocenters. The molecule has 0 spiro atoms.